The maximum atomic E-state index is 10.5. The Morgan fingerprint density at radius 3 is 2.53 bits per heavy atom. The molecule has 2 N–H and O–H groups in total. The van der Waals surface area contributed by atoms with Gasteiger partial charge in [0.15, 0.2) is 0 Å². The van der Waals surface area contributed by atoms with Crippen molar-refractivity contribution in [3.05, 3.63) is 35.9 Å². The van der Waals surface area contributed by atoms with E-state index >= 15 is 0 Å². The fraction of sp³-hybridized carbons (Fsp3) is 0.533. The molecule has 0 aliphatic rings. The molecule has 1 atom stereocenters. The number of carboxylic acid groups (broad SMARTS) is 1. The summed E-state index contributed by atoms with van der Waals surface area (Å²) in [6.45, 7) is 0.992. The van der Waals surface area contributed by atoms with Gasteiger partial charge in [-0.2, -0.15) is 0 Å². The molecule has 0 aliphatic heterocycles. The van der Waals surface area contributed by atoms with Crippen LogP contribution in [0.3, 0.4) is 0 Å². The monoisotopic (exact) mass is 265 g/mol. The second-order valence-corrected chi connectivity index (χ2v) is 4.77. The lowest BCUT2D eigenvalue weighted by molar-refractivity contribution is -0.137. The molecule has 4 heteroatoms. The smallest absolute Gasteiger partial charge is 0.303 e. The molecule has 0 fully saturated rings. The van der Waals surface area contributed by atoms with Crippen LogP contribution in [0.25, 0.3) is 0 Å². The topological polar surface area (TPSA) is 60.8 Å². The normalized spacial score (nSPS) is 12.6. The van der Waals surface area contributed by atoms with Crippen molar-refractivity contribution in [1.82, 2.24) is 4.90 Å². The predicted octanol–water partition coefficient (Wildman–Crippen LogP) is 2.30. The maximum Gasteiger partial charge on any atom is 0.303 e. The Morgan fingerprint density at radius 2 is 1.95 bits per heavy atom. The van der Waals surface area contributed by atoms with E-state index in [0.29, 0.717) is 12.8 Å². The van der Waals surface area contributed by atoms with Gasteiger partial charge in [-0.15, -0.1) is 0 Å². The largest absolute Gasteiger partial charge is 0.481 e. The molecule has 0 aliphatic carbocycles. The van der Waals surface area contributed by atoms with E-state index in [1.165, 1.54) is 5.56 Å². The predicted molar refractivity (Wildman–Crippen MR) is 75.0 cm³/mol. The quantitative estimate of drug-likeness (QED) is 0.673. The van der Waals surface area contributed by atoms with Gasteiger partial charge in [0, 0.05) is 19.1 Å². The van der Waals surface area contributed by atoms with Gasteiger partial charge in [0.25, 0.3) is 0 Å². The van der Waals surface area contributed by atoms with Gasteiger partial charge in [-0.05, 0) is 38.4 Å². The molecule has 1 rings (SSSR count). The van der Waals surface area contributed by atoms with Crippen LogP contribution in [-0.4, -0.2) is 41.3 Å². The van der Waals surface area contributed by atoms with Crippen LogP contribution in [-0.2, 0) is 4.79 Å². The van der Waals surface area contributed by atoms with E-state index in [4.69, 9.17) is 5.11 Å². The Kier molecular flexibility index (Phi) is 7.15. The molecule has 0 bridgehead atoms. The van der Waals surface area contributed by atoms with E-state index in [9.17, 15) is 9.90 Å². The zero-order chi connectivity index (χ0) is 14.1. The molecule has 106 valence electrons. The number of hydrogen-bond acceptors (Lipinski definition) is 3. The molecule has 0 amide bonds. The van der Waals surface area contributed by atoms with E-state index in [1.54, 1.807) is 0 Å². The Labute approximate surface area is 114 Å². The fourth-order valence-electron chi connectivity index (χ4n) is 2.23. The van der Waals surface area contributed by atoms with Gasteiger partial charge in [-0.25, -0.2) is 0 Å². The van der Waals surface area contributed by atoms with Crippen molar-refractivity contribution in [2.45, 2.75) is 31.7 Å². The van der Waals surface area contributed by atoms with E-state index in [2.05, 4.69) is 17.0 Å². The number of carbonyl (C=O) groups is 1. The fourth-order valence-corrected chi connectivity index (χ4v) is 2.23. The van der Waals surface area contributed by atoms with E-state index in [1.807, 2.05) is 25.2 Å². The summed E-state index contributed by atoms with van der Waals surface area (Å²) < 4.78 is 0. The third kappa shape index (κ3) is 5.85. The molecule has 0 saturated heterocycles. The SMILES string of the molecule is CN(CCCCC(=O)O)C(CCO)c1ccccc1. The summed E-state index contributed by atoms with van der Waals surface area (Å²) in [6, 6.07) is 10.3. The zero-order valence-corrected chi connectivity index (χ0v) is 11.5. The van der Waals surface area contributed by atoms with Crippen LogP contribution in [0.15, 0.2) is 30.3 Å². The van der Waals surface area contributed by atoms with Crippen molar-refractivity contribution in [3.63, 3.8) is 0 Å². The summed E-state index contributed by atoms with van der Waals surface area (Å²) in [4.78, 5) is 12.6. The summed E-state index contributed by atoms with van der Waals surface area (Å²) in [6.07, 6.45) is 2.47. The third-order valence-corrected chi connectivity index (χ3v) is 3.27. The average molecular weight is 265 g/mol. The highest BCUT2D eigenvalue weighted by Gasteiger charge is 2.15. The van der Waals surface area contributed by atoms with Gasteiger partial charge in [-0.1, -0.05) is 30.3 Å². The number of hydrogen-bond donors (Lipinski definition) is 2. The van der Waals surface area contributed by atoms with Crippen molar-refractivity contribution in [2.24, 2.45) is 0 Å². The number of aliphatic carboxylic acids is 1. The Bertz CT molecular complexity index is 367. The van der Waals surface area contributed by atoms with Crippen LogP contribution in [0.5, 0.6) is 0 Å². The molecule has 1 aromatic rings. The summed E-state index contributed by atoms with van der Waals surface area (Å²) in [5.41, 5.74) is 1.19. The average Bonchev–Trinajstić information content (AvgIpc) is 2.41. The number of carboxylic acids is 1. The molecule has 19 heavy (non-hydrogen) atoms. The summed E-state index contributed by atoms with van der Waals surface area (Å²) in [7, 11) is 2.02. The minimum absolute atomic E-state index is 0.152. The molecule has 4 nitrogen and oxygen atoms in total. The molecule has 0 heterocycles. The third-order valence-electron chi connectivity index (χ3n) is 3.27. The van der Waals surface area contributed by atoms with Gasteiger partial charge in [0.05, 0.1) is 0 Å². The Hall–Kier alpha value is -1.39. The van der Waals surface area contributed by atoms with Crippen molar-refractivity contribution in [2.75, 3.05) is 20.2 Å². The number of aliphatic hydroxyl groups is 1. The number of nitrogens with zero attached hydrogens (tertiary/aromatic N) is 1. The lowest BCUT2D eigenvalue weighted by Crippen LogP contribution is -2.26. The van der Waals surface area contributed by atoms with Gasteiger partial charge in [0.1, 0.15) is 0 Å². The standard InChI is InChI=1S/C15H23NO3/c1-16(11-6-5-9-15(18)19)14(10-12-17)13-7-3-2-4-8-13/h2-4,7-8,14,17H,5-6,9-12H2,1H3,(H,18,19). The second kappa shape index (κ2) is 8.67. The molecule has 0 spiro atoms. The van der Waals surface area contributed by atoms with Crippen LogP contribution in [0.2, 0.25) is 0 Å². The zero-order valence-electron chi connectivity index (χ0n) is 11.5. The first-order valence-electron chi connectivity index (χ1n) is 6.73. The molecule has 1 aromatic carbocycles. The molecular weight excluding hydrogens is 242 g/mol. The summed E-state index contributed by atoms with van der Waals surface area (Å²) in [5, 5.41) is 17.8. The highest BCUT2D eigenvalue weighted by molar-refractivity contribution is 5.66. The number of unbranched alkanes of at least 4 members (excludes halogenated alkanes) is 1. The van der Waals surface area contributed by atoms with E-state index < -0.39 is 5.97 Å². The molecule has 0 aromatic heterocycles. The van der Waals surface area contributed by atoms with Crippen molar-refractivity contribution >= 4 is 5.97 Å². The van der Waals surface area contributed by atoms with Crippen LogP contribution in [0.4, 0.5) is 0 Å². The number of rotatable bonds is 9. The van der Waals surface area contributed by atoms with Gasteiger partial charge in [-0.3, -0.25) is 9.69 Å². The summed E-state index contributed by atoms with van der Waals surface area (Å²) in [5.74, 6) is -0.738. The first-order valence-corrected chi connectivity index (χ1v) is 6.73. The van der Waals surface area contributed by atoms with Crippen LogP contribution in [0.1, 0.15) is 37.3 Å². The molecular formula is C15H23NO3. The minimum atomic E-state index is -0.738. The van der Waals surface area contributed by atoms with Gasteiger partial charge >= 0.3 is 5.97 Å². The number of benzene rings is 1. The van der Waals surface area contributed by atoms with Gasteiger partial charge in [0.2, 0.25) is 0 Å². The molecule has 0 radical (unpaired) electrons. The van der Waals surface area contributed by atoms with Crippen LogP contribution < -0.4 is 0 Å². The van der Waals surface area contributed by atoms with Crippen molar-refractivity contribution < 1.29 is 15.0 Å². The van der Waals surface area contributed by atoms with Gasteiger partial charge < -0.3 is 10.2 Å². The van der Waals surface area contributed by atoms with Crippen molar-refractivity contribution in [3.8, 4) is 0 Å². The van der Waals surface area contributed by atoms with Crippen molar-refractivity contribution in [1.29, 1.82) is 0 Å². The number of aliphatic hydroxyl groups excluding tert-OH is 1. The lowest BCUT2D eigenvalue weighted by atomic mass is 10.0. The van der Waals surface area contributed by atoms with Crippen LogP contribution in [0, 0.1) is 0 Å². The van der Waals surface area contributed by atoms with E-state index in [0.717, 1.165) is 13.0 Å². The summed E-state index contributed by atoms with van der Waals surface area (Å²) >= 11 is 0. The Balaban J connectivity index is 2.49. The lowest BCUT2D eigenvalue weighted by Gasteiger charge is -2.28. The molecule has 1 unspecified atom stereocenters. The second-order valence-electron chi connectivity index (χ2n) is 4.77. The first-order chi connectivity index (χ1) is 9.15. The minimum Gasteiger partial charge on any atom is -0.481 e. The van der Waals surface area contributed by atoms with E-state index in [-0.39, 0.29) is 19.1 Å². The van der Waals surface area contributed by atoms with Crippen LogP contribution >= 0.6 is 0 Å². The Morgan fingerprint density at radius 1 is 1.26 bits per heavy atom. The molecule has 0 saturated carbocycles. The highest BCUT2D eigenvalue weighted by Crippen LogP contribution is 2.22. The first kappa shape index (κ1) is 15.7. The highest BCUT2D eigenvalue weighted by atomic mass is 16.4. The maximum absolute atomic E-state index is 10.5.